The van der Waals surface area contributed by atoms with Crippen molar-refractivity contribution in [3.63, 3.8) is 0 Å². The molecule has 0 aliphatic carbocycles. The van der Waals surface area contributed by atoms with Crippen LogP contribution in [0.4, 0.5) is 5.69 Å². The Kier molecular flexibility index (Phi) is 5.81. The topological polar surface area (TPSA) is 43.3 Å². The van der Waals surface area contributed by atoms with E-state index in [4.69, 9.17) is 30.9 Å². The zero-order chi connectivity index (χ0) is 21.1. The highest BCUT2D eigenvalue weighted by atomic mass is 35.5. The second kappa shape index (κ2) is 8.67. The molecule has 0 N–H and O–H groups in total. The Balaban J connectivity index is 1.74. The molecular formula is C24H23ClN2O3. The summed E-state index contributed by atoms with van der Waals surface area (Å²) in [4.78, 5) is 0. The lowest BCUT2D eigenvalue weighted by atomic mass is 9.97. The molecule has 30 heavy (non-hydrogen) atoms. The summed E-state index contributed by atoms with van der Waals surface area (Å²) in [7, 11) is 4.95. The minimum Gasteiger partial charge on any atom is -0.497 e. The fourth-order valence-electron chi connectivity index (χ4n) is 3.62. The van der Waals surface area contributed by atoms with Crippen molar-refractivity contribution >= 4 is 23.0 Å². The molecule has 6 heteroatoms. The SMILES string of the molecule is COc1ccc(C2=NN(c3ccc(Cl)cc3)[C@H](c3ccc(OC)c(OC)c3)C2)cc1. The third-order valence-corrected chi connectivity index (χ3v) is 5.47. The summed E-state index contributed by atoms with van der Waals surface area (Å²) in [5, 5.41) is 7.70. The van der Waals surface area contributed by atoms with Crippen LogP contribution >= 0.6 is 11.6 Å². The molecular weight excluding hydrogens is 400 g/mol. The van der Waals surface area contributed by atoms with Crippen LogP contribution in [0, 0.1) is 0 Å². The molecule has 0 saturated heterocycles. The predicted molar refractivity (Wildman–Crippen MR) is 120 cm³/mol. The van der Waals surface area contributed by atoms with Crippen LogP contribution in [-0.4, -0.2) is 27.0 Å². The Hall–Kier alpha value is -3.18. The third-order valence-electron chi connectivity index (χ3n) is 5.22. The Morgan fingerprint density at radius 2 is 1.53 bits per heavy atom. The van der Waals surface area contributed by atoms with Gasteiger partial charge in [-0.25, -0.2) is 0 Å². The molecule has 0 spiro atoms. The molecule has 3 aromatic carbocycles. The summed E-state index contributed by atoms with van der Waals surface area (Å²) in [6.07, 6.45) is 0.754. The molecule has 5 nitrogen and oxygen atoms in total. The van der Waals surface area contributed by atoms with Gasteiger partial charge in [0.1, 0.15) is 5.75 Å². The quantitative estimate of drug-likeness (QED) is 0.509. The van der Waals surface area contributed by atoms with Crippen molar-refractivity contribution in [2.24, 2.45) is 5.10 Å². The first-order valence-electron chi connectivity index (χ1n) is 9.61. The summed E-state index contributed by atoms with van der Waals surface area (Å²) in [6.45, 7) is 0. The zero-order valence-electron chi connectivity index (χ0n) is 17.1. The summed E-state index contributed by atoms with van der Waals surface area (Å²) in [5.41, 5.74) is 4.14. The monoisotopic (exact) mass is 422 g/mol. The van der Waals surface area contributed by atoms with Crippen molar-refractivity contribution in [2.75, 3.05) is 26.3 Å². The van der Waals surface area contributed by atoms with E-state index in [9.17, 15) is 0 Å². The van der Waals surface area contributed by atoms with E-state index in [-0.39, 0.29) is 6.04 Å². The lowest BCUT2D eigenvalue weighted by Crippen LogP contribution is -2.18. The first-order chi connectivity index (χ1) is 14.6. The lowest BCUT2D eigenvalue weighted by molar-refractivity contribution is 0.354. The van der Waals surface area contributed by atoms with E-state index in [0.717, 1.165) is 34.7 Å². The van der Waals surface area contributed by atoms with Gasteiger partial charge in [0, 0.05) is 11.4 Å². The number of benzene rings is 3. The smallest absolute Gasteiger partial charge is 0.161 e. The third kappa shape index (κ3) is 3.94. The number of hydrogen-bond donors (Lipinski definition) is 0. The standard InChI is InChI=1S/C24H23ClN2O3/c1-28-20-11-4-16(5-12-20)21-15-22(17-6-13-23(29-2)24(14-17)30-3)27(26-21)19-9-7-18(25)8-10-19/h4-14,22H,15H2,1-3H3/t22-/m0/s1. The first kappa shape index (κ1) is 20.1. The second-order valence-electron chi connectivity index (χ2n) is 6.93. The summed E-state index contributed by atoms with van der Waals surface area (Å²) < 4.78 is 16.2. The number of hydrogen-bond acceptors (Lipinski definition) is 5. The fourth-order valence-corrected chi connectivity index (χ4v) is 3.75. The van der Waals surface area contributed by atoms with Gasteiger partial charge in [0.25, 0.3) is 0 Å². The van der Waals surface area contributed by atoms with Gasteiger partial charge in [0.15, 0.2) is 11.5 Å². The van der Waals surface area contributed by atoms with Crippen LogP contribution in [-0.2, 0) is 0 Å². The number of nitrogens with zero attached hydrogens (tertiary/aromatic N) is 2. The molecule has 1 aliphatic heterocycles. The molecule has 0 fully saturated rings. The average molecular weight is 423 g/mol. The highest BCUT2D eigenvalue weighted by Crippen LogP contribution is 2.40. The number of hydrazone groups is 1. The molecule has 0 aromatic heterocycles. The van der Waals surface area contributed by atoms with Crippen LogP contribution in [0.1, 0.15) is 23.6 Å². The maximum Gasteiger partial charge on any atom is 0.161 e. The number of anilines is 1. The van der Waals surface area contributed by atoms with Crippen molar-refractivity contribution in [3.05, 3.63) is 82.9 Å². The molecule has 1 heterocycles. The average Bonchev–Trinajstić information content (AvgIpc) is 3.24. The predicted octanol–water partition coefficient (Wildman–Crippen LogP) is 5.72. The summed E-state index contributed by atoms with van der Waals surface area (Å²) >= 11 is 6.10. The zero-order valence-corrected chi connectivity index (χ0v) is 17.9. The Morgan fingerprint density at radius 1 is 0.833 bits per heavy atom. The van der Waals surface area contributed by atoms with Gasteiger partial charge in [-0.05, 0) is 71.8 Å². The lowest BCUT2D eigenvalue weighted by Gasteiger charge is -2.24. The van der Waals surface area contributed by atoms with E-state index in [1.165, 1.54) is 0 Å². The van der Waals surface area contributed by atoms with E-state index in [2.05, 4.69) is 6.07 Å². The highest BCUT2D eigenvalue weighted by Gasteiger charge is 2.30. The van der Waals surface area contributed by atoms with Crippen molar-refractivity contribution < 1.29 is 14.2 Å². The van der Waals surface area contributed by atoms with Gasteiger partial charge in [0.05, 0.1) is 38.8 Å². The van der Waals surface area contributed by atoms with Gasteiger partial charge < -0.3 is 14.2 Å². The van der Waals surface area contributed by atoms with E-state index in [1.807, 2.05) is 65.7 Å². The van der Waals surface area contributed by atoms with E-state index >= 15 is 0 Å². The van der Waals surface area contributed by atoms with Gasteiger partial charge in [-0.3, -0.25) is 5.01 Å². The van der Waals surface area contributed by atoms with E-state index in [1.54, 1.807) is 21.3 Å². The maximum absolute atomic E-state index is 6.10. The van der Waals surface area contributed by atoms with Gasteiger partial charge in [-0.15, -0.1) is 0 Å². The molecule has 0 unspecified atom stereocenters. The number of halogens is 1. The second-order valence-corrected chi connectivity index (χ2v) is 7.37. The minimum atomic E-state index is 0.0167. The fraction of sp³-hybridized carbons (Fsp3) is 0.208. The molecule has 0 saturated carbocycles. The van der Waals surface area contributed by atoms with Crippen LogP contribution in [0.25, 0.3) is 0 Å². The molecule has 1 aliphatic rings. The number of rotatable bonds is 6. The maximum atomic E-state index is 6.10. The van der Waals surface area contributed by atoms with Crippen molar-refractivity contribution in [1.29, 1.82) is 0 Å². The van der Waals surface area contributed by atoms with Gasteiger partial charge in [0.2, 0.25) is 0 Å². The summed E-state index contributed by atoms with van der Waals surface area (Å²) in [5.74, 6) is 2.22. The van der Waals surface area contributed by atoms with Crippen LogP contribution in [0.5, 0.6) is 17.2 Å². The largest absolute Gasteiger partial charge is 0.497 e. The normalized spacial score (nSPS) is 15.7. The van der Waals surface area contributed by atoms with Gasteiger partial charge in [-0.1, -0.05) is 17.7 Å². The van der Waals surface area contributed by atoms with Crippen molar-refractivity contribution in [2.45, 2.75) is 12.5 Å². The molecule has 1 atom stereocenters. The molecule has 0 radical (unpaired) electrons. The molecule has 0 bridgehead atoms. The number of ether oxygens (including phenoxy) is 3. The van der Waals surface area contributed by atoms with Crippen LogP contribution in [0.3, 0.4) is 0 Å². The van der Waals surface area contributed by atoms with Crippen molar-refractivity contribution in [1.82, 2.24) is 0 Å². The van der Waals surface area contributed by atoms with Gasteiger partial charge >= 0.3 is 0 Å². The van der Waals surface area contributed by atoms with E-state index in [0.29, 0.717) is 16.5 Å². The van der Waals surface area contributed by atoms with Crippen LogP contribution in [0.15, 0.2) is 71.8 Å². The van der Waals surface area contributed by atoms with Crippen LogP contribution in [0.2, 0.25) is 5.02 Å². The Bertz CT molecular complexity index is 1050. The molecule has 154 valence electrons. The molecule has 0 amide bonds. The van der Waals surface area contributed by atoms with E-state index < -0.39 is 0 Å². The van der Waals surface area contributed by atoms with Crippen LogP contribution < -0.4 is 19.2 Å². The molecule has 4 rings (SSSR count). The molecule has 3 aromatic rings. The Morgan fingerprint density at radius 3 is 2.17 bits per heavy atom. The first-order valence-corrected chi connectivity index (χ1v) is 9.99. The van der Waals surface area contributed by atoms with Crippen molar-refractivity contribution in [3.8, 4) is 17.2 Å². The highest BCUT2D eigenvalue weighted by molar-refractivity contribution is 6.30. The Labute approximate surface area is 181 Å². The minimum absolute atomic E-state index is 0.0167. The number of methoxy groups -OCH3 is 3. The summed E-state index contributed by atoms with van der Waals surface area (Å²) in [6, 6.07) is 21.7. The van der Waals surface area contributed by atoms with Gasteiger partial charge in [-0.2, -0.15) is 5.10 Å².